The Kier molecular flexibility index (Phi) is 3.20. The molecular weight excluding hydrogens is 250 g/mol. The minimum absolute atomic E-state index is 0.199. The molecule has 3 aromatic rings. The molecule has 0 saturated heterocycles. The summed E-state index contributed by atoms with van der Waals surface area (Å²) in [7, 11) is 0. The summed E-state index contributed by atoms with van der Waals surface area (Å²) in [5.74, 6) is 0.673. The van der Waals surface area contributed by atoms with Gasteiger partial charge in [-0.05, 0) is 31.0 Å². The second-order valence-corrected chi connectivity index (χ2v) is 4.89. The van der Waals surface area contributed by atoms with Gasteiger partial charge in [0.25, 0.3) is 0 Å². The highest BCUT2D eigenvalue weighted by Gasteiger charge is 2.11. The molecule has 0 aliphatic rings. The normalized spacial score (nSPS) is 12.8. The van der Waals surface area contributed by atoms with Gasteiger partial charge < -0.3 is 5.73 Å². The van der Waals surface area contributed by atoms with Crippen LogP contribution in [-0.4, -0.2) is 19.8 Å². The number of aryl methyl sites for hydroxylation is 1. The van der Waals surface area contributed by atoms with Crippen LogP contribution in [0.2, 0.25) is 0 Å². The highest BCUT2D eigenvalue weighted by molar-refractivity contribution is 5.60. The fourth-order valence-corrected chi connectivity index (χ4v) is 2.15. The molecule has 0 saturated carbocycles. The van der Waals surface area contributed by atoms with Gasteiger partial charge in [0, 0.05) is 5.56 Å². The Morgan fingerprint density at radius 3 is 2.50 bits per heavy atom. The molecule has 0 aliphatic carbocycles. The summed E-state index contributed by atoms with van der Waals surface area (Å²) < 4.78 is 1.72. The Hall–Kier alpha value is -2.27. The minimum Gasteiger partial charge on any atom is -0.321 e. The van der Waals surface area contributed by atoms with E-state index in [1.165, 1.54) is 5.56 Å². The summed E-state index contributed by atoms with van der Waals surface area (Å²) in [6.45, 7) is 4.02. The van der Waals surface area contributed by atoms with Gasteiger partial charge in [0.2, 0.25) is 0 Å². The van der Waals surface area contributed by atoms with Gasteiger partial charge in [-0.3, -0.25) is 0 Å². The molecule has 0 bridgehead atoms. The first-order valence-electron chi connectivity index (χ1n) is 6.76. The van der Waals surface area contributed by atoms with Gasteiger partial charge in [-0.2, -0.15) is 9.61 Å². The summed E-state index contributed by atoms with van der Waals surface area (Å²) in [6.07, 6.45) is 1.03. The Labute approximate surface area is 117 Å². The smallest absolute Gasteiger partial charge is 0.178 e. The van der Waals surface area contributed by atoms with Crippen molar-refractivity contribution in [2.75, 3.05) is 0 Å². The summed E-state index contributed by atoms with van der Waals surface area (Å²) in [5.41, 5.74) is 9.88. The lowest BCUT2D eigenvalue weighted by molar-refractivity contribution is 0.696. The van der Waals surface area contributed by atoms with E-state index < -0.39 is 0 Å². The zero-order valence-corrected chi connectivity index (χ0v) is 11.6. The van der Waals surface area contributed by atoms with Gasteiger partial charge in [-0.15, -0.1) is 10.2 Å². The first-order chi connectivity index (χ1) is 9.69. The van der Waals surface area contributed by atoms with Crippen LogP contribution in [0.3, 0.4) is 0 Å². The molecule has 0 spiro atoms. The van der Waals surface area contributed by atoms with Gasteiger partial charge >= 0.3 is 0 Å². The summed E-state index contributed by atoms with van der Waals surface area (Å²) in [4.78, 5) is 0. The van der Waals surface area contributed by atoms with Crippen molar-refractivity contribution in [1.82, 2.24) is 19.8 Å². The predicted octanol–water partition coefficient (Wildman–Crippen LogP) is 2.37. The third kappa shape index (κ3) is 2.16. The maximum atomic E-state index is 5.89. The summed E-state index contributed by atoms with van der Waals surface area (Å²) >= 11 is 0. The molecule has 2 N–H and O–H groups in total. The number of rotatable bonds is 3. The van der Waals surface area contributed by atoms with E-state index in [1.807, 2.05) is 19.1 Å². The highest BCUT2D eigenvalue weighted by atomic mass is 15.4. The largest absolute Gasteiger partial charge is 0.321 e. The topological polar surface area (TPSA) is 69.1 Å². The number of fused-ring (bicyclic) bond motifs is 1. The molecule has 0 fully saturated rings. The lowest BCUT2D eigenvalue weighted by atomic mass is 10.1. The highest BCUT2D eigenvalue weighted by Crippen LogP contribution is 2.19. The van der Waals surface area contributed by atoms with Gasteiger partial charge in [0.15, 0.2) is 11.5 Å². The quantitative estimate of drug-likeness (QED) is 0.791. The number of hydrogen-bond donors (Lipinski definition) is 1. The molecule has 0 aliphatic heterocycles. The van der Waals surface area contributed by atoms with E-state index in [9.17, 15) is 0 Å². The van der Waals surface area contributed by atoms with Crippen LogP contribution in [0.5, 0.6) is 0 Å². The van der Waals surface area contributed by atoms with E-state index >= 15 is 0 Å². The van der Waals surface area contributed by atoms with Crippen LogP contribution in [0.25, 0.3) is 16.9 Å². The molecule has 2 heterocycles. The molecule has 1 atom stereocenters. The molecule has 102 valence electrons. The van der Waals surface area contributed by atoms with Crippen LogP contribution in [0, 0.1) is 0 Å². The van der Waals surface area contributed by atoms with Gasteiger partial charge in [0.05, 0.1) is 11.7 Å². The Morgan fingerprint density at radius 2 is 1.85 bits per heavy atom. The molecule has 5 nitrogen and oxygen atoms in total. The van der Waals surface area contributed by atoms with E-state index in [1.54, 1.807) is 4.52 Å². The maximum absolute atomic E-state index is 5.89. The molecule has 20 heavy (non-hydrogen) atoms. The standard InChI is InChI=1S/C15H17N5/c1-3-11-4-6-12(7-5-11)13-8-9-14-17-18-15(10(2)16)20(14)19-13/h4-10H,3,16H2,1-2H3. The van der Waals surface area contributed by atoms with E-state index in [2.05, 4.69) is 46.5 Å². The average Bonchev–Trinajstić information content (AvgIpc) is 2.90. The first-order valence-corrected chi connectivity index (χ1v) is 6.76. The van der Waals surface area contributed by atoms with Crippen LogP contribution in [0.1, 0.15) is 31.3 Å². The van der Waals surface area contributed by atoms with Crippen molar-refractivity contribution in [2.45, 2.75) is 26.3 Å². The number of nitrogens with two attached hydrogens (primary N) is 1. The maximum Gasteiger partial charge on any atom is 0.178 e. The van der Waals surface area contributed by atoms with Crippen LogP contribution >= 0.6 is 0 Å². The predicted molar refractivity (Wildman–Crippen MR) is 78.2 cm³/mol. The van der Waals surface area contributed by atoms with Crippen molar-refractivity contribution >= 4 is 5.65 Å². The molecule has 0 radical (unpaired) electrons. The monoisotopic (exact) mass is 267 g/mol. The second-order valence-electron chi connectivity index (χ2n) is 4.89. The van der Waals surface area contributed by atoms with E-state index in [0.717, 1.165) is 17.7 Å². The van der Waals surface area contributed by atoms with Gasteiger partial charge in [-0.1, -0.05) is 31.2 Å². The van der Waals surface area contributed by atoms with Crippen molar-refractivity contribution in [3.63, 3.8) is 0 Å². The third-order valence-electron chi connectivity index (χ3n) is 3.35. The molecule has 2 aromatic heterocycles. The van der Waals surface area contributed by atoms with Crippen molar-refractivity contribution in [2.24, 2.45) is 5.73 Å². The lowest BCUT2D eigenvalue weighted by Gasteiger charge is -2.05. The lowest BCUT2D eigenvalue weighted by Crippen LogP contribution is -2.11. The minimum atomic E-state index is -0.199. The van der Waals surface area contributed by atoms with Crippen molar-refractivity contribution in [3.8, 4) is 11.3 Å². The van der Waals surface area contributed by atoms with Crippen LogP contribution in [0.15, 0.2) is 36.4 Å². The number of benzene rings is 1. The Bertz CT molecular complexity index is 728. The van der Waals surface area contributed by atoms with E-state index in [0.29, 0.717) is 11.5 Å². The Balaban J connectivity index is 2.08. The fraction of sp³-hybridized carbons (Fsp3) is 0.267. The van der Waals surface area contributed by atoms with Crippen molar-refractivity contribution in [3.05, 3.63) is 47.8 Å². The number of aromatic nitrogens is 4. The molecule has 0 amide bonds. The zero-order valence-electron chi connectivity index (χ0n) is 11.6. The van der Waals surface area contributed by atoms with Gasteiger partial charge in [-0.25, -0.2) is 0 Å². The first kappa shape index (κ1) is 12.7. The molecular formula is C15H17N5. The van der Waals surface area contributed by atoms with E-state index in [-0.39, 0.29) is 6.04 Å². The second kappa shape index (κ2) is 5.02. The summed E-state index contributed by atoms with van der Waals surface area (Å²) in [6, 6.07) is 12.1. The van der Waals surface area contributed by atoms with Gasteiger partial charge in [0.1, 0.15) is 0 Å². The third-order valence-corrected chi connectivity index (χ3v) is 3.35. The molecule has 3 rings (SSSR count). The van der Waals surface area contributed by atoms with Crippen LogP contribution in [0.4, 0.5) is 0 Å². The van der Waals surface area contributed by atoms with Crippen molar-refractivity contribution < 1.29 is 0 Å². The average molecular weight is 267 g/mol. The molecule has 1 unspecified atom stereocenters. The number of nitrogens with zero attached hydrogens (tertiary/aromatic N) is 4. The van der Waals surface area contributed by atoms with Crippen molar-refractivity contribution in [1.29, 1.82) is 0 Å². The molecule has 5 heteroatoms. The fourth-order valence-electron chi connectivity index (χ4n) is 2.15. The Morgan fingerprint density at radius 1 is 1.10 bits per heavy atom. The van der Waals surface area contributed by atoms with Crippen LogP contribution < -0.4 is 5.73 Å². The number of hydrogen-bond acceptors (Lipinski definition) is 4. The SMILES string of the molecule is CCc1ccc(-c2ccc3nnc(C(C)N)n3n2)cc1. The zero-order chi connectivity index (χ0) is 14.1. The summed E-state index contributed by atoms with van der Waals surface area (Å²) in [5, 5.41) is 12.7. The van der Waals surface area contributed by atoms with E-state index in [4.69, 9.17) is 5.73 Å². The molecule has 1 aromatic carbocycles. The van der Waals surface area contributed by atoms with Crippen LogP contribution in [-0.2, 0) is 6.42 Å².